The maximum Gasteiger partial charge on any atom is 0.338 e. The van der Waals surface area contributed by atoms with Gasteiger partial charge in [-0.15, -0.1) is 0 Å². The minimum atomic E-state index is -1.73. The van der Waals surface area contributed by atoms with E-state index in [4.69, 9.17) is 52.1 Å². The molecule has 2 heterocycles. The zero-order chi connectivity index (χ0) is 53.2. The number of hydrogen-bond donors (Lipinski definition) is 0. The molecular weight excluding hydrogens is 985 g/mol. The fourth-order valence-corrected chi connectivity index (χ4v) is 8.92. The van der Waals surface area contributed by atoms with Crippen molar-refractivity contribution < 1.29 is 71.3 Å². The number of carbonyl (C=O) groups is 4. The van der Waals surface area contributed by atoms with Crippen LogP contribution in [-0.2, 0) is 71.9 Å². The third-order valence-corrected chi connectivity index (χ3v) is 12.8. The fraction of sp³-hybridized carbons (Fsp3) is 0.258. The number of hydrogen-bond acceptors (Lipinski definition) is 15. The van der Waals surface area contributed by atoms with Crippen molar-refractivity contribution >= 4 is 23.9 Å². The Bertz CT molecular complexity index is 2920. The molecule has 0 saturated carbocycles. The van der Waals surface area contributed by atoms with Gasteiger partial charge >= 0.3 is 23.9 Å². The quantitative estimate of drug-likeness (QED) is 0.0464. The van der Waals surface area contributed by atoms with Crippen LogP contribution in [0.1, 0.15) is 58.1 Å². The smallest absolute Gasteiger partial charge is 0.338 e. The molecule has 77 heavy (non-hydrogen) atoms. The maximum atomic E-state index is 14.5. The standard InChI is InChI=1S/C62H58O15/c1-67-61-55(70-39-44-27-13-4-14-28-44)53(69-38-43-25-11-3-12-26-43)51(49(72-61)40-68-37-42-23-9-2-10-24-42)77-62-56(76-60(66)48-35-21-8-22-36-48)54(75-59(65)47-33-19-7-20-34-47)52(74-58(64)46-31-17-6-18-32-46)50(73-62)41-71-57(63)45-29-15-5-16-30-45/h2-36,49-56,61-62H,37-41H2,1H3/t49-,50-,51-,52-,53+,54+,55-,56-,61-,62+/m1/s1. The molecule has 396 valence electrons. The molecule has 9 rings (SSSR count). The van der Waals surface area contributed by atoms with Crippen LogP contribution in [0.15, 0.2) is 212 Å². The summed E-state index contributed by atoms with van der Waals surface area (Å²) in [5.74, 6) is -3.31. The van der Waals surface area contributed by atoms with Crippen molar-refractivity contribution in [1.82, 2.24) is 0 Å². The molecule has 0 aromatic heterocycles. The lowest BCUT2D eigenvalue weighted by Gasteiger charge is -2.49. The normalized spacial score (nSPS) is 23.0. The van der Waals surface area contributed by atoms with Gasteiger partial charge in [0, 0.05) is 7.11 Å². The highest BCUT2D eigenvalue weighted by molar-refractivity contribution is 5.91. The number of esters is 4. The first kappa shape index (κ1) is 53.9. The van der Waals surface area contributed by atoms with E-state index in [0.717, 1.165) is 16.7 Å². The highest BCUT2D eigenvalue weighted by atomic mass is 16.8. The van der Waals surface area contributed by atoms with Gasteiger partial charge in [-0.1, -0.05) is 164 Å². The monoisotopic (exact) mass is 1040 g/mol. The van der Waals surface area contributed by atoms with Crippen molar-refractivity contribution in [3.63, 3.8) is 0 Å². The van der Waals surface area contributed by atoms with Crippen LogP contribution in [0.5, 0.6) is 0 Å². The van der Waals surface area contributed by atoms with E-state index >= 15 is 0 Å². The van der Waals surface area contributed by atoms with Crippen LogP contribution >= 0.6 is 0 Å². The van der Waals surface area contributed by atoms with Gasteiger partial charge < -0.3 is 52.1 Å². The Morgan fingerprint density at radius 3 is 1.18 bits per heavy atom. The van der Waals surface area contributed by atoms with Gasteiger partial charge in [-0.2, -0.15) is 0 Å². The average Bonchev–Trinajstić information content (AvgIpc) is 3.49. The topological polar surface area (TPSA) is 170 Å². The number of carbonyl (C=O) groups excluding carboxylic acids is 4. The highest BCUT2D eigenvalue weighted by Gasteiger charge is 2.57. The van der Waals surface area contributed by atoms with Crippen LogP contribution in [0, 0.1) is 0 Å². The van der Waals surface area contributed by atoms with E-state index in [2.05, 4.69) is 0 Å². The second kappa shape index (κ2) is 27.3. The first-order valence-corrected chi connectivity index (χ1v) is 25.2. The molecule has 0 bridgehead atoms. The van der Waals surface area contributed by atoms with Crippen molar-refractivity contribution in [2.45, 2.75) is 81.2 Å². The van der Waals surface area contributed by atoms with Crippen LogP contribution in [0.25, 0.3) is 0 Å². The summed E-state index contributed by atoms with van der Waals surface area (Å²) in [6, 6.07) is 61.3. The van der Waals surface area contributed by atoms with Gasteiger partial charge in [0.25, 0.3) is 0 Å². The predicted octanol–water partition coefficient (Wildman–Crippen LogP) is 9.39. The molecule has 10 atom stereocenters. The first-order valence-electron chi connectivity index (χ1n) is 25.2. The SMILES string of the molecule is CO[C@@H]1O[C@H](COCc2ccccc2)[C@@H](O[C@@H]2O[C@H](COC(=O)c3ccccc3)[C@@H](OC(=O)c3ccccc3)[C@H](OC(=O)c3ccccc3)[C@H]2OC(=O)c2ccccc2)[C@H](OCc2ccccc2)[C@H]1OCc1ccccc1. The number of ether oxygens (including phenoxy) is 11. The molecule has 7 aromatic carbocycles. The van der Waals surface area contributed by atoms with E-state index in [1.54, 1.807) is 121 Å². The first-order chi connectivity index (χ1) is 37.8. The van der Waals surface area contributed by atoms with Crippen molar-refractivity contribution in [3.05, 3.63) is 251 Å². The average molecular weight is 1040 g/mol. The maximum absolute atomic E-state index is 14.5. The minimum Gasteiger partial charge on any atom is -0.459 e. The van der Waals surface area contributed by atoms with Gasteiger partial charge in [0.15, 0.2) is 30.9 Å². The van der Waals surface area contributed by atoms with Gasteiger partial charge in [-0.05, 0) is 65.2 Å². The lowest BCUT2D eigenvalue weighted by atomic mass is 9.95. The lowest BCUT2D eigenvalue weighted by molar-refractivity contribution is -0.365. The fourth-order valence-electron chi connectivity index (χ4n) is 8.92. The van der Waals surface area contributed by atoms with Crippen molar-refractivity contribution in [3.8, 4) is 0 Å². The van der Waals surface area contributed by atoms with Gasteiger partial charge in [-0.3, -0.25) is 0 Å². The van der Waals surface area contributed by atoms with Crippen LogP contribution in [0.2, 0.25) is 0 Å². The summed E-state index contributed by atoms with van der Waals surface area (Å²) in [7, 11) is 1.49. The molecule has 7 aromatic rings. The summed E-state index contributed by atoms with van der Waals surface area (Å²) in [5.41, 5.74) is 3.18. The van der Waals surface area contributed by atoms with Gasteiger partial charge in [0.1, 0.15) is 37.1 Å². The third-order valence-electron chi connectivity index (χ3n) is 12.8. The summed E-state index contributed by atoms with van der Waals surface area (Å²) in [6.07, 6.45) is -13.6. The second-order valence-corrected chi connectivity index (χ2v) is 18.1. The molecule has 0 N–H and O–H groups in total. The van der Waals surface area contributed by atoms with Gasteiger partial charge in [0.05, 0.1) is 48.7 Å². The third kappa shape index (κ3) is 14.5. The zero-order valence-corrected chi connectivity index (χ0v) is 42.1. The van der Waals surface area contributed by atoms with E-state index in [-0.39, 0.29) is 48.7 Å². The zero-order valence-electron chi connectivity index (χ0n) is 42.1. The van der Waals surface area contributed by atoms with E-state index in [1.807, 2.05) is 91.0 Å². The van der Waals surface area contributed by atoms with Gasteiger partial charge in [0.2, 0.25) is 0 Å². The molecule has 0 amide bonds. The molecule has 2 aliphatic heterocycles. The Labute approximate surface area is 446 Å². The molecule has 0 radical (unpaired) electrons. The number of rotatable bonds is 22. The number of benzene rings is 7. The molecule has 0 spiro atoms. The number of methoxy groups -OCH3 is 1. The minimum absolute atomic E-state index is 0.0649. The van der Waals surface area contributed by atoms with Crippen molar-refractivity contribution in [2.24, 2.45) is 0 Å². The van der Waals surface area contributed by atoms with E-state index in [0.29, 0.717) is 0 Å². The highest BCUT2D eigenvalue weighted by Crippen LogP contribution is 2.37. The van der Waals surface area contributed by atoms with E-state index < -0.39 is 91.9 Å². The molecule has 15 heteroatoms. The van der Waals surface area contributed by atoms with Crippen molar-refractivity contribution in [2.75, 3.05) is 20.3 Å². The molecular formula is C62H58O15. The Hall–Kier alpha value is -7.86. The Morgan fingerprint density at radius 1 is 0.364 bits per heavy atom. The van der Waals surface area contributed by atoms with Gasteiger partial charge in [-0.25, -0.2) is 19.2 Å². The lowest BCUT2D eigenvalue weighted by Crippen LogP contribution is -2.67. The molecule has 2 saturated heterocycles. The predicted molar refractivity (Wildman–Crippen MR) is 279 cm³/mol. The van der Waals surface area contributed by atoms with E-state index in [9.17, 15) is 19.2 Å². The van der Waals surface area contributed by atoms with E-state index in [1.165, 1.54) is 7.11 Å². The van der Waals surface area contributed by atoms with Crippen molar-refractivity contribution in [1.29, 1.82) is 0 Å². The van der Waals surface area contributed by atoms with Crippen LogP contribution in [0.3, 0.4) is 0 Å². The summed E-state index contributed by atoms with van der Waals surface area (Å²) in [5, 5.41) is 0. The second-order valence-electron chi connectivity index (χ2n) is 18.1. The summed E-state index contributed by atoms with van der Waals surface area (Å²) < 4.78 is 71.9. The molecule has 15 nitrogen and oxygen atoms in total. The molecule has 2 fully saturated rings. The Kier molecular flexibility index (Phi) is 19.1. The van der Waals surface area contributed by atoms with Crippen LogP contribution in [-0.4, -0.2) is 106 Å². The molecule has 0 unspecified atom stereocenters. The van der Waals surface area contributed by atoms with Crippen LogP contribution < -0.4 is 0 Å². The Balaban J connectivity index is 1.16. The summed E-state index contributed by atoms with van der Waals surface area (Å²) in [6.45, 7) is -0.312. The van der Waals surface area contributed by atoms with Crippen LogP contribution in [0.4, 0.5) is 0 Å². The molecule has 2 aliphatic rings. The molecule has 0 aliphatic carbocycles. The largest absolute Gasteiger partial charge is 0.459 e. The summed E-state index contributed by atoms with van der Waals surface area (Å²) >= 11 is 0. The summed E-state index contributed by atoms with van der Waals surface area (Å²) in [4.78, 5) is 57.0. The Morgan fingerprint density at radius 2 is 0.727 bits per heavy atom.